The average Bonchev–Trinajstić information content (AvgIpc) is 2.52. The highest BCUT2D eigenvalue weighted by atomic mass is 16.5. The Kier molecular flexibility index (Phi) is 4.80. The number of morpholine rings is 1. The molecule has 1 fully saturated rings. The van der Waals surface area contributed by atoms with Gasteiger partial charge >= 0.3 is 5.97 Å². The van der Waals surface area contributed by atoms with E-state index in [0.29, 0.717) is 17.9 Å². The lowest BCUT2D eigenvalue weighted by Gasteiger charge is -2.32. The second-order valence-corrected chi connectivity index (χ2v) is 4.44. The summed E-state index contributed by atoms with van der Waals surface area (Å²) in [6.45, 7) is 0.742. The number of carbonyl (C=O) groups is 2. The van der Waals surface area contributed by atoms with Crippen molar-refractivity contribution in [2.75, 3.05) is 26.4 Å². The first kappa shape index (κ1) is 14.9. The minimum atomic E-state index is -1.07. The van der Waals surface area contributed by atoms with Crippen LogP contribution >= 0.6 is 0 Å². The van der Waals surface area contributed by atoms with E-state index in [1.54, 1.807) is 24.3 Å². The highest BCUT2D eigenvalue weighted by Gasteiger charge is 2.33. The smallest absolute Gasteiger partial charge is 0.328 e. The van der Waals surface area contributed by atoms with E-state index >= 15 is 0 Å². The van der Waals surface area contributed by atoms with Crippen molar-refractivity contribution in [3.05, 3.63) is 29.8 Å². The minimum Gasteiger partial charge on any atom is -0.481 e. The van der Waals surface area contributed by atoms with Gasteiger partial charge in [0, 0.05) is 12.1 Å². The van der Waals surface area contributed by atoms with E-state index in [-0.39, 0.29) is 25.7 Å². The molecule has 0 radical (unpaired) electrons. The van der Waals surface area contributed by atoms with Crippen LogP contribution in [0.3, 0.4) is 0 Å². The molecule has 1 amide bonds. The average molecular weight is 289 g/mol. The van der Waals surface area contributed by atoms with Gasteiger partial charge in [-0.25, -0.2) is 4.79 Å². The van der Waals surface area contributed by atoms with Crippen molar-refractivity contribution >= 4 is 11.9 Å². The zero-order valence-electron chi connectivity index (χ0n) is 11.3. The van der Waals surface area contributed by atoms with Crippen molar-refractivity contribution in [2.24, 2.45) is 0 Å². The third-order valence-electron chi connectivity index (χ3n) is 3.10. The van der Waals surface area contributed by atoms with Gasteiger partial charge in [0.15, 0.2) is 6.04 Å². The molecule has 110 valence electrons. The zero-order valence-corrected chi connectivity index (χ0v) is 11.3. The number of carboxylic acid groups (broad SMARTS) is 1. The Balaban J connectivity index is 2.11. The number of amides is 1. The van der Waals surface area contributed by atoms with Gasteiger partial charge in [-0.2, -0.15) is 0 Å². The highest BCUT2D eigenvalue weighted by Crippen LogP contribution is 2.16. The fraction of sp³-hybridized carbons (Fsp3) is 0.333. The zero-order chi connectivity index (χ0) is 15.2. The number of carboxylic acids is 1. The molecule has 1 atom stereocenters. The molecule has 1 aromatic carbocycles. The maximum absolute atomic E-state index is 12.4. The summed E-state index contributed by atoms with van der Waals surface area (Å²) in [6, 6.07) is 5.47. The largest absolute Gasteiger partial charge is 0.481 e. The molecular weight excluding hydrogens is 274 g/mol. The second kappa shape index (κ2) is 6.77. The summed E-state index contributed by atoms with van der Waals surface area (Å²) in [4.78, 5) is 24.8. The number of ether oxygens (including phenoxy) is 2. The number of nitrogens with zero attached hydrogens (tertiary/aromatic N) is 1. The van der Waals surface area contributed by atoms with E-state index in [0.717, 1.165) is 0 Å². The molecule has 0 aromatic heterocycles. The van der Waals surface area contributed by atoms with Crippen LogP contribution in [-0.4, -0.2) is 54.3 Å². The molecule has 21 heavy (non-hydrogen) atoms. The first-order valence-electron chi connectivity index (χ1n) is 6.41. The van der Waals surface area contributed by atoms with Crippen LogP contribution in [0.2, 0.25) is 0 Å². The molecule has 0 aliphatic carbocycles. The van der Waals surface area contributed by atoms with Gasteiger partial charge in [0.25, 0.3) is 5.91 Å². The number of benzene rings is 1. The Morgan fingerprint density at radius 1 is 1.43 bits per heavy atom. The van der Waals surface area contributed by atoms with Crippen LogP contribution in [-0.2, 0) is 9.53 Å². The molecule has 6 heteroatoms. The van der Waals surface area contributed by atoms with Crippen LogP contribution in [0.15, 0.2) is 24.3 Å². The van der Waals surface area contributed by atoms with Crippen LogP contribution in [0.4, 0.5) is 0 Å². The summed E-state index contributed by atoms with van der Waals surface area (Å²) in [6.07, 6.45) is 5.09. The summed E-state index contributed by atoms with van der Waals surface area (Å²) in [5.74, 6) is 1.49. The number of terminal acetylenes is 1. The molecule has 0 saturated carbocycles. The topological polar surface area (TPSA) is 76.1 Å². The number of rotatable bonds is 4. The van der Waals surface area contributed by atoms with Crippen molar-refractivity contribution in [2.45, 2.75) is 6.04 Å². The molecule has 1 saturated heterocycles. The molecule has 0 bridgehead atoms. The third-order valence-corrected chi connectivity index (χ3v) is 3.10. The number of carbonyl (C=O) groups excluding carboxylic acids is 1. The SMILES string of the molecule is C#CCOc1ccc(C(=O)N2CCOCC2C(=O)O)cc1. The van der Waals surface area contributed by atoms with Gasteiger partial charge in [-0.1, -0.05) is 5.92 Å². The predicted octanol–water partition coefficient (Wildman–Crippen LogP) is 0.624. The lowest BCUT2D eigenvalue weighted by atomic mass is 10.1. The number of hydrogen-bond acceptors (Lipinski definition) is 4. The quantitative estimate of drug-likeness (QED) is 0.823. The van der Waals surface area contributed by atoms with Crippen LogP contribution < -0.4 is 4.74 Å². The third kappa shape index (κ3) is 3.52. The van der Waals surface area contributed by atoms with Crippen LogP contribution in [0.25, 0.3) is 0 Å². The standard InChI is InChI=1S/C15H15NO5/c1-2-8-21-12-5-3-11(4-6-12)14(17)16-7-9-20-10-13(16)15(18)19/h1,3-6,13H,7-10H2,(H,18,19). The van der Waals surface area contributed by atoms with Crippen molar-refractivity contribution < 1.29 is 24.2 Å². The summed E-state index contributed by atoms with van der Waals surface area (Å²) in [7, 11) is 0. The monoisotopic (exact) mass is 289 g/mol. The van der Waals surface area contributed by atoms with Crippen molar-refractivity contribution in [1.82, 2.24) is 4.90 Å². The van der Waals surface area contributed by atoms with Crippen molar-refractivity contribution in [3.8, 4) is 18.1 Å². The Morgan fingerprint density at radius 2 is 2.14 bits per heavy atom. The molecular formula is C15H15NO5. The molecule has 1 unspecified atom stereocenters. The van der Waals surface area contributed by atoms with Gasteiger partial charge in [0.05, 0.1) is 13.2 Å². The lowest BCUT2D eigenvalue weighted by Crippen LogP contribution is -2.52. The van der Waals surface area contributed by atoms with Crippen molar-refractivity contribution in [1.29, 1.82) is 0 Å². The Labute approximate surface area is 122 Å². The summed E-state index contributed by atoms with van der Waals surface area (Å²) < 4.78 is 10.3. The summed E-state index contributed by atoms with van der Waals surface area (Å²) in [5.41, 5.74) is 0.399. The van der Waals surface area contributed by atoms with E-state index in [9.17, 15) is 9.59 Å². The van der Waals surface area contributed by atoms with Crippen molar-refractivity contribution in [3.63, 3.8) is 0 Å². The van der Waals surface area contributed by atoms with E-state index in [4.69, 9.17) is 21.0 Å². The molecule has 1 N–H and O–H groups in total. The second-order valence-electron chi connectivity index (χ2n) is 4.44. The fourth-order valence-electron chi connectivity index (χ4n) is 2.04. The van der Waals surface area contributed by atoms with Gasteiger partial charge in [-0.05, 0) is 24.3 Å². The van der Waals surface area contributed by atoms with Crippen LogP contribution in [0, 0.1) is 12.3 Å². The first-order valence-corrected chi connectivity index (χ1v) is 6.41. The maximum atomic E-state index is 12.4. The molecule has 1 aromatic rings. The molecule has 1 aliphatic rings. The van der Waals surface area contributed by atoms with Gasteiger partial charge < -0.3 is 19.5 Å². The fourth-order valence-corrected chi connectivity index (χ4v) is 2.04. The summed E-state index contributed by atoms with van der Waals surface area (Å²) in [5, 5.41) is 9.13. The predicted molar refractivity (Wildman–Crippen MR) is 74.0 cm³/mol. The molecule has 2 rings (SSSR count). The molecule has 6 nitrogen and oxygen atoms in total. The maximum Gasteiger partial charge on any atom is 0.328 e. The minimum absolute atomic E-state index is 0.00440. The normalized spacial score (nSPS) is 17.9. The Hall–Kier alpha value is -2.52. The van der Waals surface area contributed by atoms with Gasteiger partial charge in [-0.3, -0.25) is 4.79 Å². The highest BCUT2D eigenvalue weighted by molar-refractivity contribution is 5.96. The Morgan fingerprint density at radius 3 is 2.76 bits per heavy atom. The van der Waals surface area contributed by atoms with Gasteiger partial charge in [-0.15, -0.1) is 6.42 Å². The van der Waals surface area contributed by atoms with Gasteiger partial charge in [0.2, 0.25) is 0 Å². The Bertz CT molecular complexity index is 560. The van der Waals surface area contributed by atoms with E-state index in [1.807, 2.05) is 0 Å². The molecule has 1 aliphatic heterocycles. The van der Waals surface area contributed by atoms with E-state index in [1.165, 1.54) is 4.90 Å². The van der Waals surface area contributed by atoms with E-state index in [2.05, 4.69) is 5.92 Å². The lowest BCUT2D eigenvalue weighted by molar-refractivity contribution is -0.147. The molecule has 1 heterocycles. The summed E-state index contributed by atoms with van der Waals surface area (Å²) >= 11 is 0. The molecule has 0 spiro atoms. The first-order chi connectivity index (χ1) is 10.1. The number of hydrogen-bond donors (Lipinski definition) is 1. The van der Waals surface area contributed by atoms with Crippen LogP contribution in [0.5, 0.6) is 5.75 Å². The van der Waals surface area contributed by atoms with E-state index < -0.39 is 12.0 Å². The van der Waals surface area contributed by atoms with Crippen LogP contribution in [0.1, 0.15) is 10.4 Å². The van der Waals surface area contributed by atoms with Gasteiger partial charge in [0.1, 0.15) is 12.4 Å². The number of aliphatic carboxylic acids is 1.